The number of hydrogen-bond acceptors (Lipinski definition) is 5. The van der Waals surface area contributed by atoms with Crippen molar-refractivity contribution in [1.29, 1.82) is 5.26 Å². The largest absolute Gasteiger partial charge is 0.497 e. The van der Waals surface area contributed by atoms with Crippen LogP contribution in [0.2, 0.25) is 0 Å². The molecule has 0 bridgehead atoms. The molecule has 0 amide bonds. The molecule has 29 heavy (non-hydrogen) atoms. The molecule has 1 aromatic heterocycles. The number of nitrogens with zero attached hydrogens (tertiary/aromatic N) is 4. The summed E-state index contributed by atoms with van der Waals surface area (Å²) in [5, 5.41) is 19.1. The molecule has 1 atom stereocenters. The molecule has 0 spiro atoms. The van der Waals surface area contributed by atoms with E-state index in [9.17, 15) is 5.26 Å². The normalized spacial score (nSPS) is 12.0. The highest BCUT2D eigenvalue weighted by Crippen LogP contribution is 2.30. The lowest BCUT2D eigenvalue weighted by Crippen LogP contribution is -2.11. The summed E-state index contributed by atoms with van der Waals surface area (Å²) >= 11 is 1.48. The number of rotatable bonds is 8. The van der Waals surface area contributed by atoms with Crippen LogP contribution >= 0.6 is 11.8 Å². The number of methoxy groups -OCH3 is 1. The number of nitriles is 1. The molecule has 1 heterocycles. The summed E-state index contributed by atoms with van der Waals surface area (Å²) in [7, 11) is 1.65. The van der Waals surface area contributed by atoms with Gasteiger partial charge in [-0.2, -0.15) is 5.26 Å². The van der Waals surface area contributed by atoms with Crippen molar-refractivity contribution in [2.75, 3.05) is 7.11 Å². The van der Waals surface area contributed by atoms with Crippen molar-refractivity contribution < 1.29 is 4.74 Å². The number of ether oxygens (including phenoxy) is 1. The molecule has 0 radical (unpaired) electrons. The maximum absolute atomic E-state index is 9.72. The van der Waals surface area contributed by atoms with E-state index in [2.05, 4.69) is 65.9 Å². The lowest BCUT2D eigenvalue weighted by atomic mass is 10.1. The second kappa shape index (κ2) is 9.62. The number of hydrogen-bond donors (Lipinski definition) is 0. The van der Waals surface area contributed by atoms with Crippen LogP contribution in [0.5, 0.6) is 5.75 Å². The Morgan fingerprint density at radius 2 is 1.76 bits per heavy atom. The Morgan fingerprint density at radius 3 is 2.34 bits per heavy atom. The van der Waals surface area contributed by atoms with Crippen LogP contribution in [0.3, 0.4) is 0 Å². The first-order chi connectivity index (χ1) is 14.0. The highest BCUT2D eigenvalue weighted by molar-refractivity contribution is 8.00. The summed E-state index contributed by atoms with van der Waals surface area (Å²) in [6.07, 6.45) is 0.674. The summed E-state index contributed by atoms with van der Waals surface area (Å²) < 4.78 is 7.37. The van der Waals surface area contributed by atoms with Gasteiger partial charge < -0.3 is 9.30 Å². The van der Waals surface area contributed by atoms with E-state index in [4.69, 9.17) is 4.74 Å². The fraction of sp³-hybridized carbons (Fsp3) is 0.348. The zero-order valence-corrected chi connectivity index (χ0v) is 18.1. The van der Waals surface area contributed by atoms with Crippen LogP contribution < -0.4 is 4.74 Å². The van der Waals surface area contributed by atoms with Crippen molar-refractivity contribution in [2.24, 2.45) is 5.92 Å². The molecule has 0 unspecified atom stereocenters. The maximum atomic E-state index is 9.72. The lowest BCUT2D eigenvalue weighted by molar-refractivity contribution is 0.415. The van der Waals surface area contributed by atoms with E-state index in [0.29, 0.717) is 12.3 Å². The highest BCUT2D eigenvalue weighted by Gasteiger charge is 2.20. The molecule has 0 N–H and O–H groups in total. The quantitative estimate of drug-likeness (QED) is 0.484. The van der Waals surface area contributed by atoms with Gasteiger partial charge in [-0.15, -0.1) is 10.2 Å². The van der Waals surface area contributed by atoms with Gasteiger partial charge in [-0.1, -0.05) is 55.4 Å². The van der Waals surface area contributed by atoms with Crippen LogP contribution in [-0.4, -0.2) is 27.1 Å². The fourth-order valence-corrected chi connectivity index (χ4v) is 4.00. The predicted molar refractivity (Wildman–Crippen MR) is 117 cm³/mol. The average molecular weight is 407 g/mol. The third-order valence-corrected chi connectivity index (χ3v) is 5.62. The van der Waals surface area contributed by atoms with Gasteiger partial charge in [0.05, 0.1) is 13.2 Å². The predicted octanol–water partition coefficient (Wildman–Crippen LogP) is 5.15. The molecular formula is C23H26N4OS. The van der Waals surface area contributed by atoms with E-state index in [1.54, 1.807) is 7.11 Å². The van der Waals surface area contributed by atoms with Gasteiger partial charge in [-0.3, -0.25) is 0 Å². The van der Waals surface area contributed by atoms with Gasteiger partial charge in [-0.05, 0) is 49.1 Å². The zero-order chi connectivity index (χ0) is 20.8. The molecule has 0 aliphatic carbocycles. The van der Waals surface area contributed by atoms with Crippen molar-refractivity contribution >= 4 is 11.8 Å². The summed E-state index contributed by atoms with van der Waals surface area (Å²) in [6.45, 7) is 7.19. The van der Waals surface area contributed by atoms with E-state index < -0.39 is 0 Å². The molecule has 3 rings (SSSR count). The van der Waals surface area contributed by atoms with Crippen molar-refractivity contribution in [2.45, 2.75) is 44.1 Å². The highest BCUT2D eigenvalue weighted by atomic mass is 32.2. The molecule has 0 fully saturated rings. The Morgan fingerprint density at radius 1 is 1.07 bits per heavy atom. The molecule has 2 aromatic carbocycles. The molecule has 5 nitrogen and oxygen atoms in total. The van der Waals surface area contributed by atoms with Crippen molar-refractivity contribution in [3.05, 3.63) is 59.7 Å². The number of aromatic nitrogens is 3. The van der Waals surface area contributed by atoms with Gasteiger partial charge in [-0.25, -0.2) is 0 Å². The lowest BCUT2D eigenvalue weighted by Gasteiger charge is -2.14. The SMILES string of the molecule is COc1ccc(-c2nnc(S[C@@H](C#N)Cc3ccc(C)cc3)n2CC(C)C)cc1. The van der Waals surface area contributed by atoms with Crippen LogP contribution in [0, 0.1) is 24.2 Å². The molecule has 0 aliphatic rings. The molecular weight excluding hydrogens is 380 g/mol. The third-order valence-electron chi connectivity index (χ3n) is 4.55. The first kappa shape index (κ1) is 20.9. The third kappa shape index (κ3) is 5.39. The molecule has 0 saturated carbocycles. The van der Waals surface area contributed by atoms with E-state index in [1.807, 2.05) is 24.3 Å². The minimum Gasteiger partial charge on any atom is -0.497 e. The van der Waals surface area contributed by atoms with Gasteiger partial charge in [0.15, 0.2) is 11.0 Å². The van der Waals surface area contributed by atoms with Gasteiger partial charge in [0.1, 0.15) is 11.0 Å². The Labute approximate surface area is 176 Å². The topological polar surface area (TPSA) is 63.7 Å². The number of thioether (sulfide) groups is 1. The standard InChI is InChI=1S/C23H26N4OS/c1-16(2)15-27-22(19-9-11-20(28-4)12-10-19)25-26-23(27)29-21(14-24)13-18-7-5-17(3)6-8-18/h5-12,16,21H,13,15H2,1-4H3/t21-/m1/s1. The van der Waals surface area contributed by atoms with Gasteiger partial charge in [0.2, 0.25) is 0 Å². The zero-order valence-electron chi connectivity index (χ0n) is 17.3. The Kier molecular flexibility index (Phi) is 6.95. The van der Waals surface area contributed by atoms with Gasteiger partial charge in [0, 0.05) is 12.1 Å². The Balaban J connectivity index is 1.86. The smallest absolute Gasteiger partial charge is 0.192 e. The van der Waals surface area contributed by atoms with E-state index in [1.165, 1.54) is 17.3 Å². The fourth-order valence-electron chi connectivity index (χ4n) is 3.04. The second-order valence-corrected chi connectivity index (χ2v) is 8.63. The summed E-state index contributed by atoms with van der Waals surface area (Å²) in [6, 6.07) is 18.6. The van der Waals surface area contributed by atoms with E-state index in [-0.39, 0.29) is 5.25 Å². The summed E-state index contributed by atoms with van der Waals surface area (Å²) in [5.74, 6) is 2.05. The molecule has 6 heteroatoms. The number of aryl methyl sites for hydroxylation is 1. The molecule has 0 aliphatic heterocycles. The van der Waals surface area contributed by atoms with Crippen molar-refractivity contribution in [3.63, 3.8) is 0 Å². The summed E-state index contributed by atoms with van der Waals surface area (Å²) in [4.78, 5) is 0. The number of benzene rings is 2. The van der Waals surface area contributed by atoms with Crippen LogP contribution in [0.25, 0.3) is 11.4 Å². The first-order valence-electron chi connectivity index (χ1n) is 9.69. The summed E-state index contributed by atoms with van der Waals surface area (Å²) in [5.41, 5.74) is 3.36. The van der Waals surface area contributed by atoms with E-state index >= 15 is 0 Å². The van der Waals surface area contributed by atoms with Crippen molar-refractivity contribution in [1.82, 2.24) is 14.8 Å². The van der Waals surface area contributed by atoms with Crippen LogP contribution in [0.15, 0.2) is 53.7 Å². The monoisotopic (exact) mass is 406 g/mol. The van der Waals surface area contributed by atoms with Crippen LogP contribution in [0.1, 0.15) is 25.0 Å². The Hall–Kier alpha value is -2.78. The van der Waals surface area contributed by atoms with Crippen LogP contribution in [-0.2, 0) is 13.0 Å². The molecule has 0 saturated heterocycles. The molecule has 3 aromatic rings. The van der Waals surface area contributed by atoms with Crippen LogP contribution in [0.4, 0.5) is 0 Å². The second-order valence-electron chi connectivity index (χ2n) is 7.46. The molecule has 150 valence electrons. The average Bonchev–Trinajstić information content (AvgIpc) is 3.10. The van der Waals surface area contributed by atoms with Gasteiger partial charge >= 0.3 is 0 Å². The van der Waals surface area contributed by atoms with Crippen molar-refractivity contribution in [3.8, 4) is 23.2 Å². The minimum atomic E-state index is -0.225. The first-order valence-corrected chi connectivity index (χ1v) is 10.6. The Bertz CT molecular complexity index is 972. The maximum Gasteiger partial charge on any atom is 0.192 e. The van der Waals surface area contributed by atoms with Gasteiger partial charge in [0.25, 0.3) is 0 Å². The van der Waals surface area contributed by atoms with E-state index in [0.717, 1.165) is 34.4 Å². The minimum absolute atomic E-state index is 0.225.